The number of hydrogen-bond acceptors (Lipinski definition) is 0. The zero-order chi connectivity index (χ0) is 12.8. The summed E-state index contributed by atoms with van der Waals surface area (Å²) in [7, 11) is 0. The lowest BCUT2D eigenvalue weighted by Crippen LogP contribution is -2.45. The van der Waals surface area contributed by atoms with Crippen molar-refractivity contribution in [2.75, 3.05) is 0 Å². The summed E-state index contributed by atoms with van der Waals surface area (Å²) in [6.07, 6.45) is 10.6. The molecular formula is C18H23Br. The highest BCUT2D eigenvalue weighted by atomic mass is 79.9. The molecule has 0 unspecified atom stereocenters. The van der Waals surface area contributed by atoms with Gasteiger partial charge < -0.3 is 0 Å². The van der Waals surface area contributed by atoms with Crippen molar-refractivity contribution in [3.8, 4) is 0 Å². The second kappa shape index (κ2) is 4.91. The first-order valence-corrected chi connectivity index (χ1v) is 8.81. The van der Waals surface area contributed by atoms with E-state index in [1.165, 1.54) is 22.9 Å². The van der Waals surface area contributed by atoms with Gasteiger partial charge in [0.2, 0.25) is 0 Å². The molecule has 19 heavy (non-hydrogen) atoms. The van der Waals surface area contributed by atoms with Gasteiger partial charge in [0.1, 0.15) is 0 Å². The minimum Gasteiger partial charge on any atom is -0.0609 e. The predicted octanol–water partition coefficient (Wildman–Crippen LogP) is 5.45. The lowest BCUT2D eigenvalue weighted by Gasteiger charge is -2.54. The van der Waals surface area contributed by atoms with Gasteiger partial charge in [-0.2, -0.15) is 0 Å². The second-order valence-electron chi connectivity index (χ2n) is 7.26. The molecule has 1 heteroatoms. The minimum absolute atomic E-state index is 1.05. The fraction of sp³-hybridized carbons (Fsp3) is 0.667. The van der Waals surface area contributed by atoms with Gasteiger partial charge >= 0.3 is 0 Å². The Hall–Kier alpha value is -0.300. The van der Waals surface area contributed by atoms with E-state index in [0.717, 1.165) is 29.6 Å². The van der Waals surface area contributed by atoms with Gasteiger partial charge in [0.05, 0.1) is 0 Å². The van der Waals surface area contributed by atoms with Crippen molar-refractivity contribution in [2.24, 2.45) is 29.6 Å². The predicted molar refractivity (Wildman–Crippen MR) is 83.0 cm³/mol. The molecule has 4 bridgehead atoms. The fourth-order valence-electron chi connectivity index (χ4n) is 5.54. The molecule has 0 saturated heterocycles. The van der Waals surface area contributed by atoms with E-state index in [-0.39, 0.29) is 0 Å². The third-order valence-corrected chi connectivity index (χ3v) is 6.57. The number of aryl methyl sites for hydroxylation is 1. The van der Waals surface area contributed by atoms with Gasteiger partial charge in [0.15, 0.2) is 0 Å². The maximum absolute atomic E-state index is 3.59. The van der Waals surface area contributed by atoms with Crippen LogP contribution >= 0.6 is 15.9 Å². The van der Waals surface area contributed by atoms with Crippen molar-refractivity contribution in [2.45, 2.75) is 44.9 Å². The topological polar surface area (TPSA) is 0 Å². The molecule has 102 valence electrons. The van der Waals surface area contributed by atoms with E-state index in [2.05, 4.69) is 40.2 Å². The van der Waals surface area contributed by atoms with E-state index in [0.29, 0.717) is 0 Å². The summed E-state index contributed by atoms with van der Waals surface area (Å²) in [6.45, 7) is 0. The number of halogens is 1. The maximum Gasteiger partial charge on any atom is 0.0177 e. The average Bonchev–Trinajstić information content (AvgIpc) is 2.37. The van der Waals surface area contributed by atoms with Crippen LogP contribution in [0.25, 0.3) is 0 Å². The Bertz CT molecular complexity index is 437. The highest BCUT2D eigenvalue weighted by Crippen LogP contribution is 2.57. The highest BCUT2D eigenvalue weighted by molar-refractivity contribution is 9.10. The van der Waals surface area contributed by atoms with E-state index in [4.69, 9.17) is 0 Å². The molecule has 4 aliphatic carbocycles. The Balaban J connectivity index is 1.43. The van der Waals surface area contributed by atoms with Gasteiger partial charge in [-0.3, -0.25) is 0 Å². The summed E-state index contributed by atoms with van der Waals surface area (Å²) >= 11 is 3.59. The third kappa shape index (κ3) is 2.39. The monoisotopic (exact) mass is 318 g/mol. The Morgan fingerprint density at radius 2 is 1.63 bits per heavy atom. The van der Waals surface area contributed by atoms with Crippen LogP contribution < -0.4 is 0 Å². The average molecular weight is 319 g/mol. The molecule has 0 radical (unpaired) electrons. The van der Waals surface area contributed by atoms with Crippen LogP contribution in [0, 0.1) is 29.6 Å². The van der Waals surface area contributed by atoms with E-state index in [1.54, 1.807) is 32.1 Å². The van der Waals surface area contributed by atoms with Crippen molar-refractivity contribution in [3.63, 3.8) is 0 Å². The van der Waals surface area contributed by atoms with Gasteiger partial charge in [0.25, 0.3) is 0 Å². The Morgan fingerprint density at radius 1 is 0.947 bits per heavy atom. The first kappa shape index (κ1) is 12.4. The summed E-state index contributed by atoms with van der Waals surface area (Å²) in [4.78, 5) is 0. The summed E-state index contributed by atoms with van der Waals surface area (Å²) in [5.74, 6) is 5.45. The SMILES string of the molecule is Brc1cccc(CCC2C3CC4CC(C3)CC2C4)c1. The molecule has 4 fully saturated rings. The van der Waals surface area contributed by atoms with Crippen molar-refractivity contribution >= 4 is 15.9 Å². The molecule has 0 atom stereocenters. The van der Waals surface area contributed by atoms with Crippen molar-refractivity contribution in [1.29, 1.82) is 0 Å². The zero-order valence-corrected chi connectivity index (χ0v) is 13.1. The van der Waals surface area contributed by atoms with Crippen LogP contribution in [0.5, 0.6) is 0 Å². The molecule has 0 spiro atoms. The van der Waals surface area contributed by atoms with Crippen LogP contribution in [-0.4, -0.2) is 0 Å². The van der Waals surface area contributed by atoms with Crippen molar-refractivity contribution in [3.05, 3.63) is 34.3 Å². The van der Waals surface area contributed by atoms with E-state index >= 15 is 0 Å². The first-order valence-electron chi connectivity index (χ1n) is 8.02. The zero-order valence-electron chi connectivity index (χ0n) is 11.5. The Kier molecular flexibility index (Phi) is 3.22. The summed E-state index contributed by atoms with van der Waals surface area (Å²) in [5.41, 5.74) is 1.52. The van der Waals surface area contributed by atoms with Crippen LogP contribution in [0.2, 0.25) is 0 Å². The summed E-state index contributed by atoms with van der Waals surface area (Å²) in [6, 6.07) is 8.90. The smallest absolute Gasteiger partial charge is 0.0177 e. The summed E-state index contributed by atoms with van der Waals surface area (Å²) in [5, 5.41) is 0. The molecule has 4 aliphatic rings. The molecule has 4 saturated carbocycles. The number of hydrogen-bond donors (Lipinski definition) is 0. The third-order valence-electron chi connectivity index (χ3n) is 6.08. The largest absolute Gasteiger partial charge is 0.0609 e. The molecule has 0 amide bonds. The standard InChI is InChI=1S/C18H23Br/c19-17-3-1-2-12(11-17)4-5-18-15-7-13-6-14(9-15)10-16(18)8-13/h1-3,11,13-16,18H,4-10H2. The van der Waals surface area contributed by atoms with E-state index < -0.39 is 0 Å². The van der Waals surface area contributed by atoms with Crippen LogP contribution in [-0.2, 0) is 6.42 Å². The second-order valence-corrected chi connectivity index (χ2v) is 8.18. The van der Waals surface area contributed by atoms with Gasteiger partial charge in [-0.15, -0.1) is 0 Å². The highest BCUT2D eigenvalue weighted by Gasteiger charge is 2.47. The Morgan fingerprint density at radius 3 is 2.26 bits per heavy atom. The van der Waals surface area contributed by atoms with Crippen LogP contribution in [0.3, 0.4) is 0 Å². The van der Waals surface area contributed by atoms with E-state index in [9.17, 15) is 0 Å². The van der Waals surface area contributed by atoms with Crippen LogP contribution in [0.15, 0.2) is 28.7 Å². The van der Waals surface area contributed by atoms with Crippen molar-refractivity contribution in [1.82, 2.24) is 0 Å². The molecule has 1 aromatic carbocycles. The summed E-state index contributed by atoms with van der Waals surface area (Å²) < 4.78 is 1.23. The number of benzene rings is 1. The molecule has 5 rings (SSSR count). The molecule has 1 aromatic rings. The molecule has 0 nitrogen and oxygen atoms in total. The van der Waals surface area contributed by atoms with Crippen molar-refractivity contribution < 1.29 is 0 Å². The molecule has 0 aromatic heterocycles. The lowest BCUT2D eigenvalue weighted by atomic mass is 9.51. The van der Waals surface area contributed by atoms with Gasteiger partial charge in [-0.05, 0) is 92.2 Å². The molecule has 0 aliphatic heterocycles. The Labute approximate surface area is 125 Å². The maximum atomic E-state index is 3.59. The van der Waals surface area contributed by atoms with Gasteiger partial charge in [-0.25, -0.2) is 0 Å². The molecule has 0 heterocycles. The minimum atomic E-state index is 1.05. The van der Waals surface area contributed by atoms with Gasteiger partial charge in [-0.1, -0.05) is 28.1 Å². The van der Waals surface area contributed by atoms with Crippen LogP contribution in [0.1, 0.15) is 44.1 Å². The normalized spacial score (nSPS) is 39.7. The lowest BCUT2D eigenvalue weighted by molar-refractivity contribution is -0.0394. The molecular weight excluding hydrogens is 296 g/mol. The number of rotatable bonds is 3. The quantitative estimate of drug-likeness (QED) is 0.694. The first-order chi connectivity index (χ1) is 9.28. The van der Waals surface area contributed by atoms with E-state index in [1.807, 2.05) is 0 Å². The van der Waals surface area contributed by atoms with Crippen LogP contribution in [0.4, 0.5) is 0 Å². The molecule has 0 N–H and O–H groups in total. The fourth-order valence-corrected chi connectivity index (χ4v) is 5.98. The van der Waals surface area contributed by atoms with Gasteiger partial charge in [0, 0.05) is 4.47 Å².